The highest BCUT2D eigenvalue weighted by molar-refractivity contribution is 5.97. The van der Waals surface area contributed by atoms with Gasteiger partial charge in [0, 0.05) is 38.0 Å². The van der Waals surface area contributed by atoms with E-state index in [1.807, 2.05) is 43.3 Å². The van der Waals surface area contributed by atoms with Crippen LogP contribution >= 0.6 is 0 Å². The topological polar surface area (TPSA) is 73.8 Å². The van der Waals surface area contributed by atoms with Crippen molar-refractivity contribution in [2.24, 2.45) is 5.10 Å². The Kier molecular flexibility index (Phi) is 5.68. The van der Waals surface area contributed by atoms with E-state index in [0.717, 1.165) is 11.3 Å². The third-order valence-corrected chi connectivity index (χ3v) is 3.23. The van der Waals surface area contributed by atoms with Crippen LogP contribution in [0.25, 0.3) is 0 Å². The van der Waals surface area contributed by atoms with Crippen LogP contribution in [0, 0.1) is 0 Å². The molecule has 0 saturated heterocycles. The standard InChI is InChI=1S/C18H20N4O2/c1-13(23)20-16-6-4-5-15(11-16)18(24)21-19-12-14-7-9-17(10-8-14)22(2)3/h4-12H,1-3H3,(H,20,23)(H,21,24). The Hall–Kier alpha value is -3.15. The van der Waals surface area contributed by atoms with E-state index in [9.17, 15) is 9.59 Å². The highest BCUT2D eigenvalue weighted by Crippen LogP contribution is 2.12. The lowest BCUT2D eigenvalue weighted by molar-refractivity contribution is -0.114. The molecule has 0 saturated carbocycles. The summed E-state index contributed by atoms with van der Waals surface area (Å²) in [5, 5.41) is 6.59. The SMILES string of the molecule is CC(=O)Nc1cccc(C(=O)NN=Cc2ccc(N(C)C)cc2)c1. The maximum Gasteiger partial charge on any atom is 0.271 e. The summed E-state index contributed by atoms with van der Waals surface area (Å²) in [4.78, 5) is 25.1. The number of hydrogen-bond acceptors (Lipinski definition) is 4. The number of hydrazone groups is 1. The third kappa shape index (κ3) is 4.95. The molecule has 2 aromatic carbocycles. The molecule has 0 spiro atoms. The van der Waals surface area contributed by atoms with Crippen molar-refractivity contribution in [2.45, 2.75) is 6.92 Å². The van der Waals surface area contributed by atoms with Gasteiger partial charge in [0.05, 0.1) is 6.21 Å². The molecule has 2 aromatic rings. The molecular formula is C18H20N4O2. The van der Waals surface area contributed by atoms with Crippen molar-refractivity contribution in [3.05, 3.63) is 59.7 Å². The summed E-state index contributed by atoms with van der Waals surface area (Å²) < 4.78 is 0. The Bertz CT molecular complexity index is 752. The maximum atomic E-state index is 12.1. The molecule has 0 aliphatic heterocycles. The van der Waals surface area contributed by atoms with Gasteiger partial charge in [0.15, 0.2) is 0 Å². The molecule has 24 heavy (non-hydrogen) atoms. The van der Waals surface area contributed by atoms with E-state index in [1.54, 1.807) is 30.5 Å². The van der Waals surface area contributed by atoms with E-state index < -0.39 is 0 Å². The van der Waals surface area contributed by atoms with Gasteiger partial charge in [-0.1, -0.05) is 18.2 Å². The number of carbonyl (C=O) groups excluding carboxylic acids is 2. The van der Waals surface area contributed by atoms with Crippen molar-refractivity contribution >= 4 is 29.4 Å². The molecule has 124 valence electrons. The van der Waals surface area contributed by atoms with Crippen molar-refractivity contribution in [3.8, 4) is 0 Å². The highest BCUT2D eigenvalue weighted by atomic mass is 16.2. The number of anilines is 2. The molecular weight excluding hydrogens is 304 g/mol. The lowest BCUT2D eigenvalue weighted by atomic mass is 10.2. The molecule has 0 aliphatic rings. The van der Waals surface area contributed by atoms with Crippen molar-refractivity contribution in [1.82, 2.24) is 5.43 Å². The summed E-state index contributed by atoms with van der Waals surface area (Å²) >= 11 is 0. The summed E-state index contributed by atoms with van der Waals surface area (Å²) in [6.45, 7) is 1.42. The maximum absolute atomic E-state index is 12.1. The molecule has 0 heterocycles. The van der Waals surface area contributed by atoms with Gasteiger partial charge in [-0.3, -0.25) is 9.59 Å². The van der Waals surface area contributed by atoms with Crippen molar-refractivity contribution < 1.29 is 9.59 Å². The number of amides is 2. The van der Waals surface area contributed by atoms with Gasteiger partial charge >= 0.3 is 0 Å². The minimum absolute atomic E-state index is 0.188. The molecule has 6 heteroatoms. The summed E-state index contributed by atoms with van der Waals surface area (Å²) in [6, 6.07) is 14.4. The van der Waals surface area contributed by atoms with E-state index >= 15 is 0 Å². The molecule has 0 bridgehead atoms. The first-order valence-corrected chi connectivity index (χ1v) is 7.44. The fraction of sp³-hybridized carbons (Fsp3) is 0.167. The molecule has 0 atom stereocenters. The Balaban J connectivity index is 1.98. The molecule has 0 aliphatic carbocycles. The van der Waals surface area contributed by atoms with E-state index in [-0.39, 0.29) is 11.8 Å². The lowest BCUT2D eigenvalue weighted by Gasteiger charge is -2.11. The van der Waals surface area contributed by atoms with Crippen LogP contribution in [0.5, 0.6) is 0 Å². The number of nitrogens with one attached hydrogen (secondary N) is 2. The average Bonchev–Trinajstić information content (AvgIpc) is 2.55. The number of rotatable bonds is 5. The van der Waals surface area contributed by atoms with Crippen LogP contribution in [-0.2, 0) is 4.79 Å². The number of hydrogen-bond donors (Lipinski definition) is 2. The Morgan fingerprint density at radius 3 is 2.42 bits per heavy atom. The van der Waals surface area contributed by atoms with Crippen LogP contribution in [0.1, 0.15) is 22.8 Å². The molecule has 6 nitrogen and oxygen atoms in total. The van der Waals surface area contributed by atoms with Gasteiger partial charge in [-0.2, -0.15) is 5.10 Å². The second-order valence-corrected chi connectivity index (χ2v) is 5.45. The number of benzene rings is 2. The van der Waals surface area contributed by atoms with Crippen LogP contribution in [0.2, 0.25) is 0 Å². The first kappa shape index (κ1) is 17.2. The molecule has 0 unspecified atom stereocenters. The minimum Gasteiger partial charge on any atom is -0.378 e. The van der Waals surface area contributed by atoms with Crippen LogP contribution in [0.3, 0.4) is 0 Å². The Labute approximate surface area is 141 Å². The molecule has 0 radical (unpaired) electrons. The van der Waals surface area contributed by atoms with Gasteiger partial charge in [0.2, 0.25) is 5.91 Å². The fourth-order valence-corrected chi connectivity index (χ4v) is 2.03. The van der Waals surface area contributed by atoms with Gasteiger partial charge in [-0.15, -0.1) is 0 Å². The van der Waals surface area contributed by atoms with Gasteiger partial charge < -0.3 is 10.2 Å². The second-order valence-electron chi connectivity index (χ2n) is 5.45. The normalized spacial score (nSPS) is 10.5. The smallest absolute Gasteiger partial charge is 0.271 e. The quantitative estimate of drug-likeness (QED) is 0.655. The van der Waals surface area contributed by atoms with Crippen LogP contribution < -0.4 is 15.6 Å². The second kappa shape index (κ2) is 7.92. The van der Waals surface area contributed by atoms with E-state index in [2.05, 4.69) is 15.8 Å². The zero-order chi connectivity index (χ0) is 17.5. The summed E-state index contributed by atoms with van der Waals surface area (Å²) in [6.07, 6.45) is 1.58. The molecule has 2 rings (SSSR count). The summed E-state index contributed by atoms with van der Waals surface area (Å²) in [7, 11) is 3.94. The van der Waals surface area contributed by atoms with Crippen molar-refractivity contribution in [2.75, 3.05) is 24.3 Å². The molecule has 0 aromatic heterocycles. The highest BCUT2D eigenvalue weighted by Gasteiger charge is 2.05. The van der Waals surface area contributed by atoms with Gasteiger partial charge in [0.1, 0.15) is 0 Å². The van der Waals surface area contributed by atoms with Gasteiger partial charge in [-0.25, -0.2) is 5.43 Å². The first-order valence-electron chi connectivity index (χ1n) is 7.44. The summed E-state index contributed by atoms with van der Waals surface area (Å²) in [5.41, 5.74) is 5.43. The Morgan fingerprint density at radius 2 is 1.79 bits per heavy atom. The number of nitrogens with zero attached hydrogens (tertiary/aromatic N) is 2. The third-order valence-electron chi connectivity index (χ3n) is 3.23. The largest absolute Gasteiger partial charge is 0.378 e. The number of carbonyl (C=O) groups is 2. The first-order chi connectivity index (χ1) is 11.5. The van der Waals surface area contributed by atoms with Crippen LogP contribution in [0.4, 0.5) is 11.4 Å². The minimum atomic E-state index is -0.344. The Morgan fingerprint density at radius 1 is 1.08 bits per heavy atom. The zero-order valence-electron chi connectivity index (χ0n) is 13.9. The van der Waals surface area contributed by atoms with Crippen LogP contribution in [-0.4, -0.2) is 32.1 Å². The van der Waals surface area contributed by atoms with Crippen molar-refractivity contribution in [1.29, 1.82) is 0 Å². The lowest BCUT2D eigenvalue weighted by Crippen LogP contribution is -2.18. The molecule has 0 fully saturated rings. The molecule has 2 amide bonds. The molecule has 2 N–H and O–H groups in total. The monoisotopic (exact) mass is 324 g/mol. The zero-order valence-corrected chi connectivity index (χ0v) is 13.9. The van der Waals surface area contributed by atoms with Gasteiger partial charge in [-0.05, 0) is 35.9 Å². The van der Waals surface area contributed by atoms with Crippen molar-refractivity contribution in [3.63, 3.8) is 0 Å². The fourth-order valence-electron chi connectivity index (χ4n) is 2.03. The van der Waals surface area contributed by atoms with Crippen LogP contribution in [0.15, 0.2) is 53.6 Å². The summed E-state index contributed by atoms with van der Waals surface area (Å²) in [5.74, 6) is -0.532. The van der Waals surface area contributed by atoms with Gasteiger partial charge in [0.25, 0.3) is 5.91 Å². The predicted molar refractivity (Wildman–Crippen MR) is 96.6 cm³/mol. The average molecular weight is 324 g/mol. The van der Waals surface area contributed by atoms with E-state index in [1.165, 1.54) is 6.92 Å². The van der Waals surface area contributed by atoms with E-state index in [4.69, 9.17) is 0 Å². The predicted octanol–water partition coefficient (Wildman–Crippen LogP) is 2.47. The van der Waals surface area contributed by atoms with E-state index in [0.29, 0.717) is 11.3 Å².